The van der Waals surface area contributed by atoms with Crippen molar-refractivity contribution in [2.24, 2.45) is 0 Å². The number of hydrogen-bond donors (Lipinski definition) is 0. The van der Waals surface area contributed by atoms with Crippen LogP contribution in [0.15, 0.2) is 237 Å². The van der Waals surface area contributed by atoms with Gasteiger partial charge in [0.25, 0.3) is 0 Å². The summed E-state index contributed by atoms with van der Waals surface area (Å²) in [6, 6.07) is 87.2. The average molecular weight is 827 g/mol. The van der Waals surface area contributed by atoms with Gasteiger partial charge in [-0.3, -0.25) is 0 Å². The molecule has 0 bridgehead atoms. The van der Waals surface area contributed by atoms with E-state index in [0.29, 0.717) is 0 Å². The first-order valence-electron chi connectivity index (χ1n) is 22.5. The SMILES string of the molecule is Cc1ccc2c(-c3ccc4ccccc4c3)c3ccccc3c(-c3c4ccccc4c(N(c4ccccc4)c4ccc(-n5c6ccccc6c6ccccc65)cc4)c4ccccc34)c2c1. The van der Waals surface area contributed by atoms with Crippen LogP contribution in [0.3, 0.4) is 0 Å². The number of hydrogen-bond acceptors (Lipinski definition) is 1. The fourth-order valence-corrected chi connectivity index (χ4v) is 10.8. The molecule has 0 radical (unpaired) electrons. The van der Waals surface area contributed by atoms with Crippen molar-refractivity contribution in [3.63, 3.8) is 0 Å². The maximum atomic E-state index is 2.47. The smallest absolute Gasteiger partial charge is 0.0618 e. The molecule has 13 aromatic rings. The highest BCUT2D eigenvalue weighted by Gasteiger charge is 2.25. The first kappa shape index (κ1) is 37.1. The molecule has 0 spiro atoms. The van der Waals surface area contributed by atoms with Crippen LogP contribution in [-0.2, 0) is 0 Å². The third kappa shape index (κ3) is 5.81. The highest BCUT2D eigenvalue weighted by Crippen LogP contribution is 2.52. The molecule has 65 heavy (non-hydrogen) atoms. The van der Waals surface area contributed by atoms with Crippen molar-refractivity contribution >= 4 is 92.7 Å². The van der Waals surface area contributed by atoms with Crippen LogP contribution in [0.25, 0.3) is 104 Å². The summed E-state index contributed by atoms with van der Waals surface area (Å²) < 4.78 is 2.39. The minimum atomic E-state index is 1.09. The van der Waals surface area contributed by atoms with Gasteiger partial charge in [0.2, 0.25) is 0 Å². The molecule has 12 aromatic carbocycles. The van der Waals surface area contributed by atoms with Crippen LogP contribution in [0.1, 0.15) is 5.56 Å². The number of rotatable bonds is 6. The van der Waals surface area contributed by atoms with Crippen molar-refractivity contribution in [3.05, 3.63) is 242 Å². The molecular formula is C63H42N2. The number of para-hydroxylation sites is 3. The zero-order valence-electron chi connectivity index (χ0n) is 35.9. The first-order valence-corrected chi connectivity index (χ1v) is 22.5. The van der Waals surface area contributed by atoms with Gasteiger partial charge < -0.3 is 9.47 Å². The summed E-state index contributed by atoms with van der Waals surface area (Å²) in [6.45, 7) is 2.22. The molecule has 0 aliphatic carbocycles. The fraction of sp³-hybridized carbons (Fsp3) is 0.0159. The normalized spacial score (nSPS) is 11.8. The molecule has 2 nitrogen and oxygen atoms in total. The molecule has 0 N–H and O–H groups in total. The Morgan fingerprint density at radius 2 is 0.769 bits per heavy atom. The third-order valence-corrected chi connectivity index (χ3v) is 13.6. The molecule has 0 atom stereocenters. The zero-order chi connectivity index (χ0) is 43.0. The first-order chi connectivity index (χ1) is 32.2. The van der Waals surface area contributed by atoms with Crippen molar-refractivity contribution < 1.29 is 0 Å². The topological polar surface area (TPSA) is 8.17 Å². The summed E-state index contributed by atoms with van der Waals surface area (Å²) in [5.74, 6) is 0. The van der Waals surface area contributed by atoms with Crippen LogP contribution >= 0.6 is 0 Å². The lowest BCUT2D eigenvalue weighted by atomic mass is 9.82. The van der Waals surface area contributed by atoms with E-state index in [-0.39, 0.29) is 0 Å². The van der Waals surface area contributed by atoms with Gasteiger partial charge in [0.15, 0.2) is 0 Å². The van der Waals surface area contributed by atoms with E-state index in [1.807, 2.05) is 0 Å². The molecule has 0 aliphatic heterocycles. The third-order valence-electron chi connectivity index (χ3n) is 13.6. The Kier molecular flexibility index (Phi) is 8.47. The highest BCUT2D eigenvalue weighted by molar-refractivity contribution is 6.30. The fourth-order valence-electron chi connectivity index (χ4n) is 10.8. The van der Waals surface area contributed by atoms with E-state index in [2.05, 4.69) is 253 Å². The van der Waals surface area contributed by atoms with Gasteiger partial charge in [0, 0.05) is 38.6 Å². The lowest BCUT2D eigenvalue weighted by Crippen LogP contribution is -2.11. The Morgan fingerprint density at radius 1 is 0.308 bits per heavy atom. The summed E-state index contributed by atoms with van der Waals surface area (Å²) >= 11 is 0. The van der Waals surface area contributed by atoms with Gasteiger partial charge in [-0.1, -0.05) is 188 Å². The summed E-state index contributed by atoms with van der Waals surface area (Å²) in [5, 5.41) is 14.9. The van der Waals surface area contributed by atoms with Crippen molar-refractivity contribution in [1.29, 1.82) is 0 Å². The van der Waals surface area contributed by atoms with E-state index < -0.39 is 0 Å². The van der Waals surface area contributed by atoms with Crippen LogP contribution in [0, 0.1) is 6.92 Å². The molecule has 0 unspecified atom stereocenters. The van der Waals surface area contributed by atoms with E-state index in [1.165, 1.54) is 103 Å². The summed E-state index contributed by atoms with van der Waals surface area (Å²) in [6.07, 6.45) is 0. The Balaban J connectivity index is 1.08. The minimum Gasteiger partial charge on any atom is -0.309 e. The molecule has 0 fully saturated rings. The van der Waals surface area contributed by atoms with Crippen molar-refractivity contribution in [3.8, 4) is 27.9 Å². The van der Waals surface area contributed by atoms with Crippen LogP contribution in [0.5, 0.6) is 0 Å². The molecule has 0 saturated carbocycles. The lowest BCUT2D eigenvalue weighted by Gasteiger charge is -2.30. The van der Waals surface area contributed by atoms with Gasteiger partial charge in [-0.2, -0.15) is 0 Å². The predicted molar refractivity (Wildman–Crippen MR) is 279 cm³/mol. The van der Waals surface area contributed by atoms with Gasteiger partial charge in [-0.05, 0) is 127 Å². The molecule has 0 aliphatic rings. The Hall–Kier alpha value is -8.46. The molecule has 13 rings (SSSR count). The second kappa shape index (κ2) is 14.8. The van der Waals surface area contributed by atoms with Crippen LogP contribution in [0.4, 0.5) is 17.1 Å². The van der Waals surface area contributed by atoms with Crippen LogP contribution in [-0.4, -0.2) is 4.57 Å². The van der Waals surface area contributed by atoms with Gasteiger partial charge in [0.05, 0.1) is 16.7 Å². The molecule has 2 heteroatoms. The standard InChI is InChI=1S/C63H42N2/c1-41-31-38-54-57(39-41)62(51-24-8-7-23-50(51)60(54)44-33-32-42-17-5-6-18-43(42)40-44)61-52-25-9-11-27-55(52)63(56-28-12-10-26-53(56)61)64(45-19-3-2-4-20-45)46-34-36-47(37-35-46)65-58-29-15-13-21-48(58)49-22-14-16-30-59(49)65/h2-40H,1H3. The quantitative estimate of drug-likeness (QED) is 0.152. The van der Waals surface area contributed by atoms with Gasteiger partial charge >= 0.3 is 0 Å². The molecule has 0 saturated heterocycles. The largest absolute Gasteiger partial charge is 0.309 e. The maximum absolute atomic E-state index is 2.47. The zero-order valence-corrected chi connectivity index (χ0v) is 35.9. The van der Waals surface area contributed by atoms with Crippen LogP contribution < -0.4 is 4.90 Å². The van der Waals surface area contributed by atoms with Crippen molar-refractivity contribution in [2.75, 3.05) is 4.90 Å². The lowest BCUT2D eigenvalue weighted by molar-refractivity contribution is 1.17. The number of aryl methyl sites for hydroxylation is 1. The maximum Gasteiger partial charge on any atom is 0.0618 e. The minimum absolute atomic E-state index is 1.09. The molecule has 1 heterocycles. The second-order valence-corrected chi connectivity index (χ2v) is 17.3. The van der Waals surface area contributed by atoms with E-state index in [9.17, 15) is 0 Å². The summed E-state index contributed by atoms with van der Waals surface area (Å²) in [7, 11) is 0. The van der Waals surface area contributed by atoms with E-state index in [1.54, 1.807) is 0 Å². The van der Waals surface area contributed by atoms with Gasteiger partial charge in [-0.15, -0.1) is 0 Å². The number of fused-ring (bicyclic) bond motifs is 8. The predicted octanol–water partition coefficient (Wildman–Crippen LogP) is 17.7. The Bertz CT molecular complexity index is 3900. The van der Waals surface area contributed by atoms with E-state index in [4.69, 9.17) is 0 Å². The summed E-state index contributed by atoms with van der Waals surface area (Å²) in [4.78, 5) is 2.47. The second-order valence-electron chi connectivity index (χ2n) is 17.3. The Morgan fingerprint density at radius 3 is 1.40 bits per heavy atom. The van der Waals surface area contributed by atoms with E-state index >= 15 is 0 Å². The number of anilines is 3. The summed E-state index contributed by atoms with van der Waals surface area (Å²) in [5.41, 5.74) is 13.2. The van der Waals surface area contributed by atoms with Gasteiger partial charge in [-0.25, -0.2) is 0 Å². The number of nitrogens with zero attached hydrogens (tertiary/aromatic N) is 2. The Labute approximate surface area is 377 Å². The monoisotopic (exact) mass is 826 g/mol. The molecule has 304 valence electrons. The average Bonchev–Trinajstić information content (AvgIpc) is 3.70. The van der Waals surface area contributed by atoms with Gasteiger partial charge in [0.1, 0.15) is 0 Å². The number of benzene rings is 12. The number of aromatic nitrogens is 1. The van der Waals surface area contributed by atoms with Crippen molar-refractivity contribution in [2.45, 2.75) is 6.92 Å². The molecule has 1 aromatic heterocycles. The van der Waals surface area contributed by atoms with Crippen molar-refractivity contribution in [1.82, 2.24) is 4.57 Å². The molecular weight excluding hydrogens is 785 g/mol. The van der Waals surface area contributed by atoms with Crippen LogP contribution in [0.2, 0.25) is 0 Å². The highest BCUT2D eigenvalue weighted by atomic mass is 15.1. The molecule has 0 amide bonds. The van der Waals surface area contributed by atoms with E-state index in [0.717, 1.165) is 22.7 Å².